The van der Waals surface area contributed by atoms with Crippen LogP contribution in [0.15, 0.2) is 12.3 Å². The molecule has 1 aliphatic rings. The van der Waals surface area contributed by atoms with Gasteiger partial charge in [-0.1, -0.05) is 0 Å². The number of amides is 1. The molecule has 3 rings (SSSR count). The lowest BCUT2D eigenvalue weighted by molar-refractivity contribution is -0.126. The molecule has 2 atom stereocenters. The van der Waals surface area contributed by atoms with Crippen molar-refractivity contribution in [1.82, 2.24) is 9.88 Å². The summed E-state index contributed by atoms with van der Waals surface area (Å²) in [6.07, 6.45) is -6.46. The molecule has 0 bridgehead atoms. The van der Waals surface area contributed by atoms with Crippen molar-refractivity contribution in [3.05, 3.63) is 22.7 Å². The number of anilines is 1. The smallest absolute Gasteiger partial charge is 0.410 e. The summed E-state index contributed by atoms with van der Waals surface area (Å²) >= 11 is 0.877. The van der Waals surface area contributed by atoms with Crippen molar-refractivity contribution in [2.24, 2.45) is 0 Å². The number of hydrogen-bond acceptors (Lipinski definition) is 6. The molecule has 0 aliphatic carbocycles. The summed E-state index contributed by atoms with van der Waals surface area (Å²) in [5.41, 5.74) is -0.838. The summed E-state index contributed by atoms with van der Waals surface area (Å²) in [6, 6.07) is 2.40. The number of nitrogens with zero attached hydrogens (tertiary/aromatic N) is 3. The highest BCUT2D eigenvalue weighted by molar-refractivity contribution is 7.20. The Balaban J connectivity index is 1.84. The zero-order valence-electron chi connectivity index (χ0n) is 16.5. The van der Waals surface area contributed by atoms with Gasteiger partial charge in [-0.25, -0.2) is 14.2 Å². The molecule has 1 N–H and O–H groups in total. The number of ether oxygens (including phenoxy) is 1. The van der Waals surface area contributed by atoms with E-state index >= 15 is 0 Å². The van der Waals surface area contributed by atoms with E-state index in [4.69, 9.17) is 4.74 Å². The molecule has 6 nitrogen and oxygen atoms in total. The maximum absolute atomic E-state index is 14.6. The summed E-state index contributed by atoms with van der Waals surface area (Å²) in [6.45, 7) is 4.96. The highest BCUT2D eigenvalue weighted by Gasteiger charge is 2.38. The van der Waals surface area contributed by atoms with E-state index in [0.717, 1.165) is 11.3 Å². The van der Waals surface area contributed by atoms with Crippen LogP contribution in [-0.4, -0.2) is 53.1 Å². The number of hydrogen-bond donors (Lipinski definition) is 1. The molecule has 3 heterocycles. The number of fused-ring (bicyclic) bond motifs is 1. The quantitative estimate of drug-likeness (QED) is 0.698. The Bertz CT molecular complexity index is 993. The van der Waals surface area contributed by atoms with Gasteiger partial charge in [-0.05, 0) is 32.4 Å². The number of alkyl halides is 4. The Morgan fingerprint density at radius 3 is 2.70 bits per heavy atom. The van der Waals surface area contributed by atoms with E-state index < -0.39 is 36.5 Å². The van der Waals surface area contributed by atoms with E-state index in [1.54, 1.807) is 26.8 Å². The van der Waals surface area contributed by atoms with E-state index in [0.29, 0.717) is 4.70 Å². The molecule has 0 saturated carbocycles. The van der Waals surface area contributed by atoms with Crippen LogP contribution in [0.25, 0.3) is 10.1 Å². The number of rotatable bonds is 3. The van der Waals surface area contributed by atoms with Gasteiger partial charge in [-0.2, -0.15) is 18.4 Å². The molecule has 1 saturated heterocycles. The summed E-state index contributed by atoms with van der Waals surface area (Å²) in [4.78, 5) is 17.5. The van der Waals surface area contributed by atoms with Crippen LogP contribution in [0.3, 0.4) is 0 Å². The molecule has 1 fully saturated rings. The third-order valence-corrected chi connectivity index (χ3v) is 5.57. The second-order valence-electron chi connectivity index (χ2n) is 8.00. The number of halogens is 4. The third kappa shape index (κ3) is 4.92. The predicted molar refractivity (Wildman–Crippen MR) is 104 cm³/mol. The predicted octanol–water partition coefficient (Wildman–Crippen LogP) is 4.64. The average Bonchev–Trinajstić information content (AvgIpc) is 3.14. The van der Waals surface area contributed by atoms with Gasteiger partial charge in [-0.3, -0.25) is 0 Å². The summed E-state index contributed by atoms with van der Waals surface area (Å²) < 4.78 is 59.0. The number of nitriles is 1. The third-order valence-electron chi connectivity index (χ3n) is 4.41. The van der Waals surface area contributed by atoms with Gasteiger partial charge in [0, 0.05) is 18.1 Å². The standard InChI is InChI=1S/C19H20F4N4O2S/c1-18(2,3)29-17(28)27-8-12(20)13(9-27)26-16-15-10(4-5-25-16)11(6-19(21,22)23)14(7-24)30-15/h4-5,12-13H,6,8-9H2,1-3H3,(H,25,26)/t12-,13+/m0/s1. The van der Waals surface area contributed by atoms with Crippen LogP contribution < -0.4 is 5.32 Å². The highest BCUT2D eigenvalue weighted by atomic mass is 32.1. The van der Waals surface area contributed by atoms with Crippen LogP contribution in [0.4, 0.5) is 28.2 Å². The molecule has 11 heteroatoms. The fourth-order valence-corrected chi connectivity index (χ4v) is 4.26. The van der Waals surface area contributed by atoms with Gasteiger partial charge in [0.25, 0.3) is 0 Å². The molecular formula is C19H20F4N4O2S. The van der Waals surface area contributed by atoms with Gasteiger partial charge in [-0.15, -0.1) is 11.3 Å². The zero-order chi connectivity index (χ0) is 22.3. The number of carbonyl (C=O) groups excluding carboxylic acids is 1. The summed E-state index contributed by atoms with van der Waals surface area (Å²) in [5.74, 6) is 0.182. The molecule has 2 aromatic heterocycles. The number of nitrogens with one attached hydrogen (secondary N) is 1. The van der Waals surface area contributed by atoms with Crippen LogP contribution in [0.2, 0.25) is 0 Å². The Kier molecular flexibility index (Phi) is 5.82. The molecule has 162 valence electrons. The largest absolute Gasteiger partial charge is 0.444 e. The molecule has 1 amide bonds. The average molecular weight is 444 g/mol. The first-order chi connectivity index (χ1) is 13.9. The lowest BCUT2D eigenvalue weighted by Gasteiger charge is -2.24. The van der Waals surface area contributed by atoms with E-state index in [2.05, 4.69) is 10.3 Å². The van der Waals surface area contributed by atoms with Gasteiger partial charge >= 0.3 is 12.3 Å². The van der Waals surface area contributed by atoms with Crippen LogP contribution in [0, 0.1) is 11.3 Å². The minimum absolute atomic E-state index is 0.0139. The van der Waals surface area contributed by atoms with Crippen molar-refractivity contribution in [3.8, 4) is 6.07 Å². The lowest BCUT2D eigenvalue weighted by Crippen LogP contribution is -2.36. The van der Waals surface area contributed by atoms with Crippen molar-refractivity contribution in [3.63, 3.8) is 0 Å². The molecule has 0 unspecified atom stereocenters. The Labute approximate surface area is 174 Å². The Morgan fingerprint density at radius 2 is 2.10 bits per heavy atom. The van der Waals surface area contributed by atoms with Gasteiger partial charge < -0.3 is 15.0 Å². The first-order valence-corrected chi connectivity index (χ1v) is 9.95. The SMILES string of the molecule is CC(C)(C)OC(=O)N1C[C@H](F)[C@H](Nc2nccc3c(CC(F)(F)F)c(C#N)sc23)C1. The first kappa shape index (κ1) is 22.1. The van der Waals surface area contributed by atoms with Crippen molar-refractivity contribution >= 4 is 33.3 Å². The minimum Gasteiger partial charge on any atom is -0.444 e. The molecule has 0 aromatic carbocycles. The second-order valence-corrected chi connectivity index (χ2v) is 9.02. The number of pyridine rings is 1. The number of thiophene rings is 1. The molecule has 1 aliphatic heterocycles. The monoisotopic (exact) mass is 444 g/mol. The molecule has 30 heavy (non-hydrogen) atoms. The first-order valence-electron chi connectivity index (χ1n) is 9.13. The number of likely N-dealkylation sites (tertiary alicyclic amines) is 1. The lowest BCUT2D eigenvalue weighted by atomic mass is 10.1. The van der Waals surface area contributed by atoms with E-state index in [9.17, 15) is 27.6 Å². The van der Waals surface area contributed by atoms with Gasteiger partial charge in [0.05, 0.1) is 23.7 Å². The highest BCUT2D eigenvalue weighted by Crippen LogP contribution is 2.38. The second kappa shape index (κ2) is 7.91. The van der Waals surface area contributed by atoms with Crippen LogP contribution >= 0.6 is 11.3 Å². The molecule has 0 radical (unpaired) electrons. The summed E-state index contributed by atoms with van der Waals surface area (Å²) in [7, 11) is 0. The molecule has 2 aromatic rings. The van der Waals surface area contributed by atoms with Crippen LogP contribution in [-0.2, 0) is 11.2 Å². The van der Waals surface area contributed by atoms with E-state index in [1.165, 1.54) is 17.2 Å². The fraction of sp³-hybridized carbons (Fsp3) is 0.526. The Hall–Kier alpha value is -2.61. The maximum atomic E-state index is 14.6. The summed E-state index contributed by atoms with van der Waals surface area (Å²) in [5, 5.41) is 12.4. The topological polar surface area (TPSA) is 78.2 Å². The van der Waals surface area contributed by atoms with Gasteiger partial charge in [0.1, 0.15) is 28.5 Å². The van der Waals surface area contributed by atoms with Crippen LogP contribution in [0.1, 0.15) is 31.2 Å². The fourth-order valence-electron chi connectivity index (χ4n) is 3.20. The van der Waals surface area contributed by atoms with Gasteiger partial charge in [0.2, 0.25) is 0 Å². The van der Waals surface area contributed by atoms with Crippen molar-refractivity contribution < 1.29 is 27.1 Å². The van der Waals surface area contributed by atoms with Gasteiger partial charge in [0.15, 0.2) is 0 Å². The van der Waals surface area contributed by atoms with Crippen molar-refractivity contribution in [2.75, 3.05) is 18.4 Å². The van der Waals surface area contributed by atoms with Crippen molar-refractivity contribution in [1.29, 1.82) is 5.26 Å². The normalized spacial score (nSPS) is 19.7. The van der Waals surface area contributed by atoms with Crippen molar-refractivity contribution in [2.45, 2.75) is 51.2 Å². The number of aromatic nitrogens is 1. The zero-order valence-corrected chi connectivity index (χ0v) is 17.3. The Morgan fingerprint density at radius 1 is 1.40 bits per heavy atom. The van der Waals surface area contributed by atoms with Crippen LogP contribution in [0.5, 0.6) is 0 Å². The molecule has 0 spiro atoms. The molecular weight excluding hydrogens is 424 g/mol. The maximum Gasteiger partial charge on any atom is 0.410 e. The number of carbonyl (C=O) groups is 1. The minimum atomic E-state index is -4.47. The van der Waals surface area contributed by atoms with E-state index in [-0.39, 0.29) is 34.7 Å². The van der Waals surface area contributed by atoms with E-state index in [1.807, 2.05) is 0 Å².